The number of hydrogen-bond donors (Lipinski definition) is 1. The van der Waals surface area contributed by atoms with Gasteiger partial charge in [0, 0.05) is 18.5 Å². The highest BCUT2D eigenvalue weighted by Gasteiger charge is 2.23. The molecule has 0 aliphatic heterocycles. The smallest absolute Gasteiger partial charge is 0.166 e. The summed E-state index contributed by atoms with van der Waals surface area (Å²) in [5.74, 6) is 2.70. The molecule has 0 amide bonds. The van der Waals surface area contributed by atoms with Gasteiger partial charge in [-0.3, -0.25) is 0 Å². The van der Waals surface area contributed by atoms with Gasteiger partial charge in [-0.25, -0.2) is 15.0 Å². The lowest BCUT2D eigenvalue weighted by molar-refractivity contribution is 0.671. The van der Waals surface area contributed by atoms with E-state index in [2.05, 4.69) is 36.2 Å². The minimum Gasteiger partial charge on any atom is -0.382 e. The fourth-order valence-corrected chi connectivity index (χ4v) is 3.43. The van der Waals surface area contributed by atoms with Crippen LogP contribution in [0, 0.1) is 6.92 Å². The van der Waals surface area contributed by atoms with Crippen molar-refractivity contribution in [3.63, 3.8) is 0 Å². The number of anilines is 1. The molecule has 0 bridgehead atoms. The first-order valence-corrected chi connectivity index (χ1v) is 8.20. The van der Waals surface area contributed by atoms with Gasteiger partial charge in [0.2, 0.25) is 0 Å². The number of benzene rings is 1. The molecular weight excluding hydrogens is 286 g/mol. The molecule has 1 saturated carbocycles. The van der Waals surface area contributed by atoms with E-state index in [1.807, 2.05) is 11.6 Å². The van der Waals surface area contributed by atoms with E-state index in [4.69, 9.17) is 15.7 Å². The Balaban J connectivity index is 1.86. The van der Waals surface area contributed by atoms with Crippen molar-refractivity contribution in [3.8, 4) is 11.4 Å². The SMILES string of the molecule is Cc1ccc(-c2nc3c(N)nc(C4CCCC4)nc3n2C)cc1. The van der Waals surface area contributed by atoms with Crippen LogP contribution >= 0.6 is 0 Å². The van der Waals surface area contributed by atoms with Gasteiger partial charge in [-0.1, -0.05) is 42.7 Å². The minimum absolute atomic E-state index is 0.444. The third-order valence-corrected chi connectivity index (χ3v) is 4.79. The number of aromatic nitrogens is 4. The highest BCUT2D eigenvalue weighted by molar-refractivity contribution is 5.85. The fourth-order valence-electron chi connectivity index (χ4n) is 3.43. The van der Waals surface area contributed by atoms with Crippen molar-refractivity contribution in [2.45, 2.75) is 38.5 Å². The maximum Gasteiger partial charge on any atom is 0.166 e. The molecule has 3 aromatic rings. The summed E-state index contributed by atoms with van der Waals surface area (Å²) in [6, 6.07) is 8.34. The molecule has 1 aliphatic carbocycles. The Morgan fingerprint density at radius 3 is 2.43 bits per heavy atom. The topological polar surface area (TPSA) is 69.6 Å². The van der Waals surface area contributed by atoms with Crippen LogP contribution in [0.4, 0.5) is 5.82 Å². The molecule has 1 aromatic carbocycles. The molecule has 118 valence electrons. The highest BCUT2D eigenvalue weighted by Crippen LogP contribution is 2.34. The van der Waals surface area contributed by atoms with Crippen molar-refractivity contribution >= 4 is 17.0 Å². The van der Waals surface area contributed by atoms with Crippen LogP contribution in [-0.4, -0.2) is 19.5 Å². The van der Waals surface area contributed by atoms with Crippen molar-refractivity contribution in [2.75, 3.05) is 5.73 Å². The molecule has 2 aromatic heterocycles. The number of aryl methyl sites for hydroxylation is 2. The second kappa shape index (κ2) is 5.33. The van der Waals surface area contributed by atoms with E-state index in [-0.39, 0.29) is 0 Å². The van der Waals surface area contributed by atoms with Crippen LogP contribution in [0.2, 0.25) is 0 Å². The number of hydrogen-bond acceptors (Lipinski definition) is 4. The number of nitrogens with two attached hydrogens (primary N) is 1. The van der Waals surface area contributed by atoms with Crippen LogP contribution in [0.5, 0.6) is 0 Å². The second-order valence-electron chi connectivity index (χ2n) is 6.48. The number of fused-ring (bicyclic) bond motifs is 1. The Kier molecular flexibility index (Phi) is 3.29. The molecule has 0 spiro atoms. The van der Waals surface area contributed by atoms with Gasteiger partial charge in [-0.05, 0) is 19.8 Å². The number of nitrogen functional groups attached to an aromatic ring is 1. The number of imidazole rings is 1. The average molecular weight is 307 g/mol. The summed E-state index contributed by atoms with van der Waals surface area (Å²) >= 11 is 0. The van der Waals surface area contributed by atoms with Gasteiger partial charge < -0.3 is 10.3 Å². The summed E-state index contributed by atoms with van der Waals surface area (Å²) in [6.07, 6.45) is 4.83. The summed E-state index contributed by atoms with van der Waals surface area (Å²) in [6.45, 7) is 2.08. The standard InChI is InChI=1S/C18H21N5/c1-11-7-9-13(10-8-11)17-20-14-15(19)21-16(12-5-3-4-6-12)22-18(14)23(17)2/h7-10,12H,3-6H2,1-2H3,(H2,19,21,22). The van der Waals surface area contributed by atoms with Gasteiger partial charge in [0.15, 0.2) is 17.0 Å². The first kappa shape index (κ1) is 14.2. The predicted molar refractivity (Wildman–Crippen MR) is 92.1 cm³/mol. The van der Waals surface area contributed by atoms with E-state index in [9.17, 15) is 0 Å². The van der Waals surface area contributed by atoms with E-state index in [1.54, 1.807) is 0 Å². The average Bonchev–Trinajstić information content (AvgIpc) is 3.18. The van der Waals surface area contributed by atoms with Gasteiger partial charge in [-0.2, -0.15) is 0 Å². The summed E-state index contributed by atoms with van der Waals surface area (Å²) in [4.78, 5) is 14.0. The van der Waals surface area contributed by atoms with Crippen LogP contribution in [-0.2, 0) is 7.05 Å². The monoisotopic (exact) mass is 307 g/mol. The van der Waals surface area contributed by atoms with Gasteiger partial charge in [-0.15, -0.1) is 0 Å². The van der Waals surface area contributed by atoms with Crippen LogP contribution < -0.4 is 5.73 Å². The Labute approximate surface area is 135 Å². The summed E-state index contributed by atoms with van der Waals surface area (Å²) in [5, 5.41) is 0. The third-order valence-electron chi connectivity index (χ3n) is 4.79. The van der Waals surface area contributed by atoms with Crippen molar-refractivity contribution in [2.24, 2.45) is 7.05 Å². The zero-order chi connectivity index (χ0) is 16.0. The predicted octanol–water partition coefficient (Wildman–Crippen LogP) is 3.58. The molecule has 1 aliphatic rings. The quantitative estimate of drug-likeness (QED) is 0.785. The molecule has 0 saturated heterocycles. The van der Waals surface area contributed by atoms with Gasteiger partial charge >= 0.3 is 0 Å². The Hall–Kier alpha value is -2.43. The van der Waals surface area contributed by atoms with Crippen molar-refractivity contribution in [3.05, 3.63) is 35.7 Å². The van der Waals surface area contributed by atoms with Crippen LogP contribution in [0.15, 0.2) is 24.3 Å². The summed E-state index contributed by atoms with van der Waals surface area (Å²) < 4.78 is 2.02. The van der Waals surface area contributed by atoms with Crippen LogP contribution in [0.3, 0.4) is 0 Å². The summed E-state index contributed by atoms with van der Waals surface area (Å²) in [7, 11) is 2.00. The first-order chi connectivity index (χ1) is 11.1. The largest absolute Gasteiger partial charge is 0.382 e. The normalized spacial score (nSPS) is 15.6. The zero-order valence-corrected chi connectivity index (χ0v) is 13.6. The molecule has 0 atom stereocenters. The van der Waals surface area contributed by atoms with Crippen LogP contribution in [0.1, 0.15) is 43.0 Å². The maximum atomic E-state index is 6.18. The van der Waals surface area contributed by atoms with E-state index in [0.29, 0.717) is 17.3 Å². The lowest BCUT2D eigenvalue weighted by Gasteiger charge is -2.08. The Morgan fingerprint density at radius 1 is 1.04 bits per heavy atom. The molecule has 23 heavy (non-hydrogen) atoms. The van der Waals surface area contributed by atoms with E-state index < -0.39 is 0 Å². The molecule has 4 rings (SSSR count). The number of nitrogens with zero attached hydrogens (tertiary/aromatic N) is 4. The fraction of sp³-hybridized carbons (Fsp3) is 0.389. The van der Waals surface area contributed by atoms with Crippen LogP contribution in [0.25, 0.3) is 22.6 Å². The molecule has 5 nitrogen and oxygen atoms in total. The molecular formula is C18H21N5. The molecule has 0 unspecified atom stereocenters. The van der Waals surface area contributed by atoms with Crippen molar-refractivity contribution < 1.29 is 0 Å². The van der Waals surface area contributed by atoms with Crippen molar-refractivity contribution in [1.29, 1.82) is 0 Å². The first-order valence-electron chi connectivity index (χ1n) is 8.20. The number of rotatable bonds is 2. The van der Waals surface area contributed by atoms with E-state index in [1.165, 1.54) is 18.4 Å². The van der Waals surface area contributed by atoms with Crippen molar-refractivity contribution in [1.82, 2.24) is 19.5 Å². The molecule has 0 radical (unpaired) electrons. The molecule has 1 fully saturated rings. The lowest BCUT2D eigenvalue weighted by Crippen LogP contribution is -2.05. The van der Waals surface area contributed by atoms with Gasteiger partial charge in [0.1, 0.15) is 11.6 Å². The molecule has 5 heteroatoms. The molecule has 2 heterocycles. The van der Waals surface area contributed by atoms with E-state index in [0.717, 1.165) is 35.7 Å². The molecule has 2 N–H and O–H groups in total. The van der Waals surface area contributed by atoms with Gasteiger partial charge in [0.25, 0.3) is 0 Å². The Morgan fingerprint density at radius 2 is 1.74 bits per heavy atom. The lowest BCUT2D eigenvalue weighted by atomic mass is 10.1. The summed E-state index contributed by atoms with van der Waals surface area (Å²) in [5.41, 5.74) is 10.0. The minimum atomic E-state index is 0.444. The van der Waals surface area contributed by atoms with E-state index >= 15 is 0 Å². The highest BCUT2D eigenvalue weighted by atomic mass is 15.1. The Bertz CT molecular complexity index is 857. The third kappa shape index (κ3) is 2.36. The van der Waals surface area contributed by atoms with Gasteiger partial charge in [0.05, 0.1) is 0 Å². The maximum absolute atomic E-state index is 6.18. The second-order valence-corrected chi connectivity index (χ2v) is 6.48. The zero-order valence-electron chi connectivity index (χ0n) is 13.6.